The van der Waals surface area contributed by atoms with Gasteiger partial charge in [-0.2, -0.15) is 0 Å². The van der Waals surface area contributed by atoms with Crippen LogP contribution in [0.25, 0.3) is 0 Å². The van der Waals surface area contributed by atoms with E-state index in [-0.39, 0.29) is 24.3 Å². The Kier molecular flexibility index (Phi) is 5.42. The average Bonchev–Trinajstić information content (AvgIpc) is 3.49. The molecule has 0 unspecified atom stereocenters. The lowest BCUT2D eigenvalue weighted by Crippen LogP contribution is -2.45. The smallest absolute Gasteiger partial charge is 0.264 e. The van der Waals surface area contributed by atoms with Gasteiger partial charge in [0.1, 0.15) is 0 Å². The highest BCUT2D eigenvalue weighted by molar-refractivity contribution is 6.10. The van der Waals surface area contributed by atoms with E-state index in [9.17, 15) is 9.59 Å². The normalized spacial score (nSPS) is 17.3. The van der Waals surface area contributed by atoms with Crippen molar-refractivity contribution in [2.75, 3.05) is 13.1 Å². The van der Waals surface area contributed by atoms with E-state index in [1.165, 1.54) is 4.90 Å². The summed E-state index contributed by atoms with van der Waals surface area (Å²) >= 11 is 0. The van der Waals surface area contributed by atoms with E-state index in [4.69, 9.17) is 5.41 Å². The molecular formula is C27H26N4O2. The summed E-state index contributed by atoms with van der Waals surface area (Å²) in [5, 5.41) is 11.8. The van der Waals surface area contributed by atoms with Crippen LogP contribution in [-0.4, -0.2) is 40.7 Å². The van der Waals surface area contributed by atoms with Crippen LogP contribution < -0.4 is 5.32 Å². The molecule has 0 aromatic heterocycles. The molecule has 2 saturated heterocycles. The molecule has 0 atom stereocenters. The molecule has 3 aromatic rings. The van der Waals surface area contributed by atoms with Gasteiger partial charge in [-0.1, -0.05) is 72.8 Å². The fourth-order valence-corrected chi connectivity index (χ4v) is 4.78. The summed E-state index contributed by atoms with van der Waals surface area (Å²) in [5.74, 6) is -0.136. The van der Waals surface area contributed by atoms with Crippen LogP contribution in [0.4, 0.5) is 0 Å². The number of nitrogens with one attached hydrogen (secondary N) is 2. The van der Waals surface area contributed by atoms with Crippen molar-refractivity contribution in [3.8, 4) is 0 Å². The van der Waals surface area contributed by atoms with Gasteiger partial charge in [0, 0.05) is 18.7 Å². The minimum absolute atomic E-state index is 0.0261. The molecule has 2 fully saturated rings. The number of carbonyl (C=O) groups excluding carboxylic acids is 2. The largest absolute Gasteiger partial charge is 0.339 e. The molecule has 0 bridgehead atoms. The molecule has 166 valence electrons. The second kappa shape index (κ2) is 8.54. The van der Waals surface area contributed by atoms with E-state index in [0.29, 0.717) is 5.56 Å². The molecule has 2 aliphatic rings. The van der Waals surface area contributed by atoms with Crippen molar-refractivity contribution in [1.82, 2.24) is 15.1 Å². The van der Waals surface area contributed by atoms with Crippen molar-refractivity contribution >= 4 is 17.8 Å². The van der Waals surface area contributed by atoms with Gasteiger partial charge in [-0.15, -0.1) is 0 Å². The molecule has 33 heavy (non-hydrogen) atoms. The number of amides is 2. The van der Waals surface area contributed by atoms with Crippen LogP contribution in [0.5, 0.6) is 0 Å². The Morgan fingerprint density at radius 2 is 1.48 bits per heavy atom. The minimum atomic E-state index is -1.16. The highest BCUT2D eigenvalue weighted by atomic mass is 16.2. The van der Waals surface area contributed by atoms with Gasteiger partial charge in [0.2, 0.25) is 0 Å². The average molecular weight is 439 g/mol. The highest BCUT2D eigenvalue weighted by Crippen LogP contribution is 2.36. The molecule has 2 N–H and O–H groups in total. The zero-order chi connectivity index (χ0) is 22.8. The van der Waals surface area contributed by atoms with Gasteiger partial charge in [0.15, 0.2) is 11.5 Å². The second-order valence-corrected chi connectivity index (χ2v) is 8.55. The van der Waals surface area contributed by atoms with Crippen molar-refractivity contribution in [3.05, 3.63) is 107 Å². The van der Waals surface area contributed by atoms with Crippen molar-refractivity contribution < 1.29 is 9.59 Å². The molecule has 0 spiro atoms. The molecule has 0 saturated carbocycles. The molecule has 3 aromatic carbocycles. The molecule has 6 heteroatoms. The first kappa shape index (κ1) is 20.9. The third-order valence-electron chi connectivity index (χ3n) is 6.46. The van der Waals surface area contributed by atoms with E-state index in [1.807, 2.05) is 89.8 Å². The van der Waals surface area contributed by atoms with Gasteiger partial charge in [-0.3, -0.25) is 19.9 Å². The Hall–Kier alpha value is -3.93. The molecule has 5 rings (SSSR count). The predicted molar refractivity (Wildman–Crippen MR) is 127 cm³/mol. The zero-order valence-corrected chi connectivity index (χ0v) is 18.3. The molecular weight excluding hydrogens is 412 g/mol. The molecule has 2 amide bonds. The summed E-state index contributed by atoms with van der Waals surface area (Å²) in [6.45, 7) is 1.80. The summed E-state index contributed by atoms with van der Waals surface area (Å²) in [6.07, 6.45) is 2.08. The van der Waals surface area contributed by atoms with Crippen LogP contribution in [0, 0.1) is 5.41 Å². The van der Waals surface area contributed by atoms with Crippen LogP contribution in [0.3, 0.4) is 0 Å². The molecule has 2 heterocycles. The third kappa shape index (κ3) is 3.67. The summed E-state index contributed by atoms with van der Waals surface area (Å²) in [6, 6.07) is 26.4. The SMILES string of the molecule is N=C1NC(c2ccccc2)(c2ccccc2)C(=O)N1Cc1cccc(C(=O)N2CCCC2)c1. The van der Waals surface area contributed by atoms with Crippen molar-refractivity contribution in [2.45, 2.75) is 24.9 Å². The van der Waals surface area contributed by atoms with Gasteiger partial charge in [-0.25, -0.2) is 0 Å². The fraction of sp³-hybridized carbons (Fsp3) is 0.222. The van der Waals surface area contributed by atoms with Crippen molar-refractivity contribution in [3.63, 3.8) is 0 Å². The quantitative estimate of drug-likeness (QED) is 0.637. The summed E-state index contributed by atoms with van der Waals surface area (Å²) < 4.78 is 0. The van der Waals surface area contributed by atoms with E-state index < -0.39 is 5.54 Å². The lowest BCUT2D eigenvalue weighted by Gasteiger charge is -2.28. The minimum Gasteiger partial charge on any atom is -0.339 e. The number of guanidine groups is 1. The van der Waals surface area contributed by atoms with Crippen LogP contribution in [0.2, 0.25) is 0 Å². The number of nitrogens with zero attached hydrogens (tertiary/aromatic N) is 2. The van der Waals surface area contributed by atoms with Crippen LogP contribution in [-0.2, 0) is 16.9 Å². The first-order valence-electron chi connectivity index (χ1n) is 11.3. The molecule has 0 aliphatic carbocycles. The van der Waals surface area contributed by atoms with Crippen molar-refractivity contribution in [1.29, 1.82) is 5.41 Å². The van der Waals surface area contributed by atoms with Gasteiger partial charge in [0.25, 0.3) is 11.8 Å². The van der Waals surface area contributed by atoms with Gasteiger partial charge in [-0.05, 0) is 41.7 Å². The maximum Gasteiger partial charge on any atom is 0.264 e. The monoisotopic (exact) mass is 438 g/mol. The van der Waals surface area contributed by atoms with Crippen molar-refractivity contribution in [2.24, 2.45) is 0 Å². The number of benzene rings is 3. The summed E-state index contributed by atoms with van der Waals surface area (Å²) in [5.41, 5.74) is 1.84. The van der Waals surface area contributed by atoms with Crippen LogP contribution in [0.1, 0.15) is 39.9 Å². The number of carbonyl (C=O) groups is 2. The van der Waals surface area contributed by atoms with E-state index in [1.54, 1.807) is 0 Å². The number of hydrogen-bond donors (Lipinski definition) is 2. The van der Waals surface area contributed by atoms with Crippen LogP contribution in [0.15, 0.2) is 84.9 Å². The Morgan fingerprint density at radius 3 is 2.09 bits per heavy atom. The fourth-order valence-electron chi connectivity index (χ4n) is 4.78. The highest BCUT2D eigenvalue weighted by Gasteiger charge is 2.52. The summed E-state index contributed by atoms with van der Waals surface area (Å²) in [4.78, 5) is 30.1. The second-order valence-electron chi connectivity index (χ2n) is 8.55. The third-order valence-corrected chi connectivity index (χ3v) is 6.46. The predicted octanol–water partition coefficient (Wildman–Crippen LogP) is 3.73. The van der Waals surface area contributed by atoms with Gasteiger partial charge >= 0.3 is 0 Å². The lowest BCUT2D eigenvalue weighted by molar-refractivity contribution is -0.130. The first-order valence-corrected chi connectivity index (χ1v) is 11.3. The van der Waals surface area contributed by atoms with Gasteiger partial charge < -0.3 is 10.2 Å². The van der Waals surface area contributed by atoms with E-state index >= 15 is 0 Å². The first-order chi connectivity index (χ1) is 16.1. The number of rotatable bonds is 5. The maximum absolute atomic E-state index is 13.9. The molecule has 2 aliphatic heterocycles. The Labute approximate surface area is 193 Å². The van der Waals surface area contributed by atoms with E-state index in [0.717, 1.165) is 42.6 Å². The lowest BCUT2D eigenvalue weighted by atomic mass is 9.82. The topological polar surface area (TPSA) is 76.5 Å². The van der Waals surface area contributed by atoms with Gasteiger partial charge in [0.05, 0.1) is 6.54 Å². The number of hydrogen-bond acceptors (Lipinski definition) is 3. The Bertz CT molecular complexity index is 1150. The maximum atomic E-state index is 13.9. The molecule has 6 nitrogen and oxygen atoms in total. The zero-order valence-electron chi connectivity index (χ0n) is 18.3. The Balaban J connectivity index is 1.47. The van der Waals surface area contributed by atoms with E-state index in [2.05, 4.69) is 5.32 Å². The Morgan fingerprint density at radius 1 is 0.879 bits per heavy atom. The standard InChI is InChI=1S/C27H26N4O2/c28-26-29-27(22-12-3-1-4-13-22,23-14-5-2-6-15-23)25(33)31(26)19-20-10-9-11-21(18-20)24(32)30-16-7-8-17-30/h1-6,9-15,18H,7-8,16-17,19H2,(H2,28,29). The summed E-state index contributed by atoms with van der Waals surface area (Å²) in [7, 11) is 0. The number of likely N-dealkylation sites (tertiary alicyclic amines) is 1. The van der Waals surface area contributed by atoms with Crippen LogP contribution >= 0.6 is 0 Å². The molecule has 0 radical (unpaired) electrons.